The first-order valence-electron chi connectivity index (χ1n) is 8.54. The van der Waals surface area contributed by atoms with Gasteiger partial charge in [0.2, 0.25) is 0 Å². The van der Waals surface area contributed by atoms with Crippen LogP contribution in [0.4, 0.5) is 5.82 Å². The number of aliphatic hydroxyl groups is 1. The van der Waals surface area contributed by atoms with Crippen molar-refractivity contribution >= 4 is 5.82 Å². The minimum Gasteiger partial charge on any atom is -0.383 e. The molecule has 2 aromatic rings. The van der Waals surface area contributed by atoms with Crippen LogP contribution in [0.3, 0.4) is 0 Å². The molecule has 7 nitrogen and oxygen atoms in total. The maximum atomic E-state index is 11.0. The Balaban J connectivity index is 1.56. The summed E-state index contributed by atoms with van der Waals surface area (Å²) in [6.45, 7) is 3.52. The van der Waals surface area contributed by atoms with E-state index in [1.807, 2.05) is 13.1 Å². The third kappa shape index (κ3) is 2.57. The quantitative estimate of drug-likeness (QED) is 0.874. The first-order chi connectivity index (χ1) is 11.6. The van der Waals surface area contributed by atoms with E-state index in [1.165, 1.54) is 11.3 Å². The minimum atomic E-state index is -0.800. The van der Waals surface area contributed by atoms with Gasteiger partial charge in [0.05, 0.1) is 11.4 Å². The molecule has 128 valence electrons. The number of hydrogen-bond donors (Lipinski definition) is 1. The Hall–Kier alpha value is -1.99. The number of hydrogen-bond acceptors (Lipinski definition) is 6. The summed E-state index contributed by atoms with van der Waals surface area (Å²) in [6, 6.07) is 1.91. The molecule has 0 saturated carbocycles. The Morgan fingerprint density at radius 3 is 2.62 bits per heavy atom. The Morgan fingerprint density at radius 1 is 1.12 bits per heavy atom. The van der Waals surface area contributed by atoms with Gasteiger partial charge in [-0.05, 0) is 26.0 Å². The van der Waals surface area contributed by atoms with Crippen molar-refractivity contribution in [2.75, 3.05) is 31.6 Å². The molecule has 2 aliphatic rings. The van der Waals surface area contributed by atoms with Crippen LogP contribution in [-0.2, 0) is 25.6 Å². The summed E-state index contributed by atoms with van der Waals surface area (Å²) in [5.41, 5.74) is 2.51. The van der Waals surface area contributed by atoms with Crippen LogP contribution in [0.5, 0.6) is 0 Å². The molecule has 1 saturated heterocycles. The molecule has 0 aliphatic carbocycles. The Bertz CT molecular complexity index is 734. The number of anilines is 1. The molecule has 0 radical (unpaired) electrons. The molecule has 1 fully saturated rings. The largest absolute Gasteiger partial charge is 0.383 e. The lowest BCUT2D eigenvalue weighted by Crippen LogP contribution is -2.44. The molecule has 0 aromatic carbocycles. The second-order valence-electron chi connectivity index (χ2n) is 6.97. The molecule has 4 rings (SSSR count). The summed E-state index contributed by atoms with van der Waals surface area (Å²) < 4.78 is 1.77. The van der Waals surface area contributed by atoms with E-state index >= 15 is 0 Å². The monoisotopic (exact) mass is 328 g/mol. The molecule has 0 bridgehead atoms. The molecule has 24 heavy (non-hydrogen) atoms. The molecular weight excluding hydrogens is 304 g/mol. The highest BCUT2D eigenvalue weighted by atomic mass is 16.3. The Morgan fingerprint density at radius 2 is 1.92 bits per heavy atom. The summed E-state index contributed by atoms with van der Waals surface area (Å²) in [7, 11) is 4.02. The van der Waals surface area contributed by atoms with E-state index in [0.717, 1.165) is 44.1 Å². The van der Waals surface area contributed by atoms with Crippen molar-refractivity contribution in [2.24, 2.45) is 7.05 Å². The molecule has 0 unspecified atom stereocenters. The van der Waals surface area contributed by atoms with Crippen molar-refractivity contribution in [2.45, 2.75) is 31.4 Å². The maximum absolute atomic E-state index is 11.0. The Labute approximate surface area is 141 Å². The second-order valence-corrected chi connectivity index (χ2v) is 6.97. The summed E-state index contributed by atoms with van der Waals surface area (Å²) >= 11 is 0. The van der Waals surface area contributed by atoms with Gasteiger partial charge in [0, 0.05) is 51.4 Å². The lowest BCUT2D eigenvalue weighted by atomic mass is 9.88. The fourth-order valence-electron chi connectivity index (χ4n) is 3.91. The van der Waals surface area contributed by atoms with Gasteiger partial charge < -0.3 is 14.9 Å². The third-order valence-corrected chi connectivity index (χ3v) is 5.36. The highest BCUT2D eigenvalue weighted by Gasteiger charge is 2.37. The zero-order valence-corrected chi connectivity index (χ0v) is 14.3. The molecule has 1 N–H and O–H groups in total. The second kappa shape index (κ2) is 5.82. The lowest BCUT2D eigenvalue weighted by molar-refractivity contribution is 0.00397. The normalized spacial score (nSPS) is 20.9. The molecule has 2 aliphatic heterocycles. The number of aryl methyl sites for hydroxylation is 1. The molecule has 2 aromatic heterocycles. The van der Waals surface area contributed by atoms with Crippen LogP contribution in [0.15, 0.2) is 18.6 Å². The van der Waals surface area contributed by atoms with Gasteiger partial charge in [0.1, 0.15) is 17.7 Å². The van der Waals surface area contributed by atoms with E-state index in [9.17, 15) is 5.11 Å². The number of likely N-dealkylation sites (N-methyl/N-ethyl adjacent to an activating group) is 1. The summed E-state index contributed by atoms with van der Waals surface area (Å²) in [6.07, 6.45) is 5.77. The minimum absolute atomic E-state index is 0.682. The SMILES string of the molecule is CN1CCc2ncnc(N3CCC(O)(c4ccnn4C)CC3)c2C1. The first-order valence-corrected chi connectivity index (χ1v) is 8.54. The van der Waals surface area contributed by atoms with Crippen molar-refractivity contribution in [3.63, 3.8) is 0 Å². The van der Waals surface area contributed by atoms with Crippen LogP contribution in [0, 0.1) is 0 Å². The number of rotatable bonds is 2. The van der Waals surface area contributed by atoms with Gasteiger partial charge in [-0.1, -0.05) is 0 Å². The maximum Gasteiger partial charge on any atom is 0.136 e. The van der Waals surface area contributed by atoms with Crippen LogP contribution >= 0.6 is 0 Å². The molecular formula is C17H24N6O. The number of aromatic nitrogens is 4. The molecule has 0 spiro atoms. The van der Waals surface area contributed by atoms with Gasteiger partial charge in [0.15, 0.2) is 0 Å². The van der Waals surface area contributed by atoms with E-state index in [2.05, 4.69) is 31.9 Å². The van der Waals surface area contributed by atoms with Gasteiger partial charge in [-0.15, -0.1) is 0 Å². The fourth-order valence-corrected chi connectivity index (χ4v) is 3.91. The van der Waals surface area contributed by atoms with Gasteiger partial charge in [0.25, 0.3) is 0 Å². The van der Waals surface area contributed by atoms with Crippen LogP contribution in [0.2, 0.25) is 0 Å². The smallest absolute Gasteiger partial charge is 0.136 e. The predicted molar refractivity (Wildman–Crippen MR) is 90.6 cm³/mol. The summed E-state index contributed by atoms with van der Waals surface area (Å²) in [4.78, 5) is 13.6. The van der Waals surface area contributed by atoms with Gasteiger partial charge in [-0.3, -0.25) is 4.68 Å². The first kappa shape index (κ1) is 15.5. The average molecular weight is 328 g/mol. The predicted octanol–water partition coefficient (Wildman–Crippen LogP) is 0.686. The van der Waals surface area contributed by atoms with Crippen molar-refractivity contribution in [3.8, 4) is 0 Å². The van der Waals surface area contributed by atoms with Crippen LogP contribution in [0.1, 0.15) is 29.8 Å². The highest BCUT2D eigenvalue weighted by molar-refractivity contribution is 5.50. The van der Waals surface area contributed by atoms with E-state index in [0.29, 0.717) is 12.8 Å². The van der Waals surface area contributed by atoms with Crippen LogP contribution in [0.25, 0.3) is 0 Å². The van der Waals surface area contributed by atoms with E-state index < -0.39 is 5.60 Å². The van der Waals surface area contributed by atoms with Gasteiger partial charge in [-0.2, -0.15) is 5.10 Å². The number of fused-ring (bicyclic) bond motifs is 1. The van der Waals surface area contributed by atoms with E-state index in [1.54, 1.807) is 17.2 Å². The summed E-state index contributed by atoms with van der Waals surface area (Å²) in [5.74, 6) is 1.04. The van der Waals surface area contributed by atoms with Crippen molar-refractivity contribution in [3.05, 3.63) is 35.5 Å². The Kier molecular flexibility index (Phi) is 3.77. The molecule has 0 amide bonds. The van der Waals surface area contributed by atoms with Crippen LogP contribution in [-0.4, -0.2) is 56.4 Å². The number of nitrogens with zero attached hydrogens (tertiary/aromatic N) is 6. The average Bonchev–Trinajstić information content (AvgIpc) is 3.02. The van der Waals surface area contributed by atoms with Crippen molar-refractivity contribution < 1.29 is 5.11 Å². The standard InChI is InChI=1S/C17H24N6O/c1-21-8-4-14-13(11-21)16(19-12-18-14)23-9-5-17(24,6-10-23)15-3-7-20-22(15)2/h3,7,12,24H,4-6,8-11H2,1-2H3. The summed E-state index contributed by atoms with van der Waals surface area (Å²) in [5, 5.41) is 15.2. The van der Waals surface area contributed by atoms with Gasteiger partial charge in [-0.25, -0.2) is 9.97 Å². The topological polar surface area (TPSA) is 70.3 Å². The molecule has 4 heterocycles. The molecule has 7 heteroatoms. The van der Waals surface area contributed by atoms with Crippen molar-refractivity contribution in [1.29, 1.82) is 0 Å². The van der Waals surface area contributed by atoms with E-state index in [4.69, 9.17) is 0 Å². The van der Waals surface area contributed by atoms with Crippen LogP contribution < -0.4 is 4.90 Å². The zero-order chi connectivity index (χ0) is 16.7. The zero-order valence-electron chi connectivity index (χ0n) is 14.3. The lowest BCUT2D eigenvalue weighted by Gasteiger charge is -2.40. The highest BCUT2D eigenvalue weighted by Crippen LogP contribution is 2.35. The van der Waals surface area contributed by atoms with Crippen molar-refractivity contribution in [1.82, 2.24) is 24.6 Å². The fraction of sp³-hybridized carbons (Fsp3) is 0.588. The molecule has 0 atom stereocenters. The third-order valence-electron chi connectivity index (χ3n) is 5.36. The van der Waals surface area contributed by atoms with E-state index in [-0.39, 0.29) is 0 Å². The van der Waals surface area contributed by atoms with Gasteiger partial charge >= 0.3 is 0 Å². The number of piperidine rings is 1.